The number of aromatic nitrogens is 2. The number of H-pyrrole nitrogens is 1. The van der Waals surface area contributed by atoms with Gasteiger partial charge in [-0.25, -0.2) is 4.98 Å². The molecule has 0 bridgehead atoms. The maximum atomic E-state index is 12.7. The second-order valence-electron chi connectivity index (χ2n) is 13.2. The van der Waals surface area contributed by atoms with Crippen molar-refractivity contribution in [3.05, 3.63) is 39.9 Å². The summed E-state index contributed by atoms with van der Waals surface area (Å²) in [7, 11) is 0. The summed E-state index contributed by atoms with van der Waals surface area (Å²) in [5, 5.41) is 12.1. The molecule has 0 amide bonds. The minimum Gasteiger partial charge on any atom is -0.393 e. The van der Waals surface area contributed by atoms with Crippen molar-refractivity contribution in [3.63, 3.8) is 0 Å². The lowest BCUT2D eigenvalue weighted by atomic mass is 9.44. The van der Waals surface area contributed by atoms with Crippen molar-refractivity contribution in [1.82, 2.24) is 9.97 Å². The molecule has 6 rings (SSSR count). The first kappa shape index (κ1) is 23.7. The molecule has 0 saturated heterocycles. The number of aryl methyl sites for hydroxylation is 2. The first-order chi connectivity index (χ1) is 16.8. The van der Waals surface area contributed by atoms with Gasteiger partial charge in [-0.05, 0) is 117 Å². The van der Waals surface area contributed by atoms with Crippen LogP contribution in [0.15, 0.2) is 23.0 Å². The third-order valence-corrected chi connectivity index (χ3v) is 11.8. The van der Waals surface area contributed by atoms with E-state index in [1.54, 1.807) is 0 Å². The van der Waals surface area contributed by atoms with E-state index in [9.17, 15) is 9.90 Å². The number of fused-ring (bicyclic) bond motifs is 6. The van der Waals surface area contributed by atoms with Gasteiger partial charge in [0.25, 0.3) is 5.56 Å². The minimum absolute atomic E-state index is 0.00453. The van der Waals surface area contributed by atoms with Gasteiger partial charge in [0.15, 0.2) is 0 Å². The van der Waals surface area contributed by atoms with Crippen LogP contribution in [-0.2, 0) is 6.42 Å². The van der Waals surface area contributed by atoms with Crippen LogP contribution in [0.5, 0.6) is 0 Å². The molecule has 2 N–H and O–H groups in total. The number of nitrogens with one attached hydrogen (secondary N) is 1. The summed E-state index contributed by atoms with van der Waals surface area (Å²) in [5.41, 5.74) is 2.63. The van der Waals surface area contributed by atoms with Crippen LogP contribution < -0.4 is 5.56 Å². The van der Waals surface area contributed by atoms with Gasteiger partial charge in [-0.3, -0.25) is 4.79 Å². The molecule has 4 fully saturated rings. The standard InChI is InChI=1S/C31H44N2O2/c1-19-8-6-11-24-27(19)29(35)33-26(32-24)12-7-10-20-13-14-22-28-23(15-17-31(20,22)3)30(2)16-5-4-9-21(30)18-25(28)34/h6,8,11,20-23,25,28,34H,4-5,7,9-10,12-18H2,1-3H3,(H,32,33,35). The van der Waals surface area contributed by atoms with Crippen LogP contribution in [0.25, 0.3) is 10.9 Å². The molecule has 4 saturated carbocycles. The predicted octanol–water partition coefficient (Wildman–Crippen LogP) is 6.57. The zero-order valence-electron chi connectivity index (χ0n) is 22.0. The lowest BCUT2D eigenvalue weighted by Gasteiger charge is -2.62. The van der Waals surface area contributed by atoms with Crippen LogP contribution in [0.3, 0.4) is 0 Å². The van der Waals surface area contributed by atoms with E-state index in [4.69, 9.17) is 4.98 Å². The predicted molar refractivity (Wildman–Crippen MR) is 141 cm³/mol. The molecule has 1 aromatic heterocycles. The van der Waals surface area contributed by atoms with Gasteiger partial charge in [0.2, 0.25) is 0 Å². The van der Waals surface area contributed by atoms with E-state index in [1.807, 2.05) is 25.1 Å². The zero-order valence-corrected chi connectivity index (χ0v) is 22.0. The van der Waals surface area contributed by atoms with E-state index >= 15 is 0 Å². The maximum absolute atomic E-state index is 12.7. The van der Waals surface area contributed by atoms with Gasteiger partial charge in [-0.1, -0.05) is 38.8 Å². The minimum atomic E-state index is -0.0881. The Kier molecular flexibility index (Phi) is 5.90. The van der Waals surface area contributed by atoms with Crippen LogP contribution >= 0.6 is 0 Å². The average Bonchev–Trinajstić information content (AvgIpc) is 3.15. The topological polar surface area (TPSA) is 66.0 Å². The largest absolute Gasteiger partial charge is 0.393 e. The Morgan fingerprint density at radius 3 is 2.74 bits per heavy atom. The number of hydrogen-bond acceptors (Lipinski definition) is 3. The van der Waals surface area contributed by atoms with Crippen LogP contribution in [0.4, 0.5) is 0 Å². The van der Waals surface area contributed by atoms with E-state index in [2.05, 4.69) is 18.8 Å². The normalized spacial score (nSPS) is 40.8. The molecule has 0 spiro atoms. The Morgan fingerprint density at radius 1 is 1.06 bits per heavy atom. The van der Waals surface area contributed by atoms with Crippen molar-refractivity contribution in [3.8, 4) is 0 Å². The molecule has 1 aromatic carbocycles. The lowest BCUT2D eigenvalue weighted by molar-refractivity contribution is -0.162. The number of aliphatic hydroxyl groups excluding tert-OH is 1. The van der Waals surface area contributed by atoms with Crippen molar-refractivity contribution < 1.29 is 5.11 Å². The molecule has 190 valence electrons. The summed E-state index contributed by atoms with van der Waals surface area (Å²) in [6, 6.07) is 5.91. The van der Waals surface area contributed by atoms with E-state index in [0.29, 0.717) is 22.7 Å². The molecule has 4 nitrogen and oxygen atoms in total. The number of nitrogens with zero attached hydrogens (tertiary/aromatic N) is 1. The van der Waals surface area contributed by atoms with Gasteiger partial charge in [0, 0.05) is 6.42 Å². The summed E-state index contributed by atoms with van der Waals surface area (Å²) in [5.74, 6) is 4.22. The second-order valence-corrected chi connectivity index (χ2v) is 13.2. The Labute approximate surface area is 210 Å². The Balaban J connectivity index is 1.15. The number of benzene rings is 1. The highest BCUT2D eigenvalue weighted by atomic mass is 16.3. The summed E-state index contributed by atoms with van der Waals surface area (Å²) in [6.45, 7) is 7.13. The fourth-order valence-corrected chi connectivity index (χ4v) is 9.88. The van der Waals surface area contributed by atoms with E-state index in [1.165, 1.54) is 57.8 Å². The fraction of sp³-hybridized carbons (Fsp3) is 0.742. The van der Waals surface area contributed by atoms with E-state index in [-0.39, 0.29) is 11.7 Å². The van der Waals surface area contributed by atoms with Gasteiger partial charge in [-0.2, -0.15) is 0 Å². The molecule has 0 radical (unpaired) electrons. The molecule has 0 aliphatic heterocycles. The molecule has 8 unspecified atom stereocenters. The molecule has 4 aliphatic carbocycles. The fourth-order valence-electron chi connectivity index (χ4n) is 9.88. The molecule has 1 heterocycles. The summed E-state index contributed by atoms with van der Waals surface area (Å²) in [4.78, 5) is 20.5. The van der Waals surface area contributed by atoms with Crippen LogP contribution in [0.2, 0.25) is 0 Å². The van der Waals surface area contributed by atoms with Crippen molar-refractivity contribution in [2.75, 3.05) is 0 Å². The van der Waals surface area contributed by atoms with Gasteiger partial charge >= 0.3 is 0 Å². The highest BCUT2D eigenvalue weighted by Gasteiger charge is 2.61. The van der Waals surface area contributed by atoms with Gasteiger partial charge < -0.3 is 10.1 Å². The Bertz CT molecular complexity index is 1160. The molecule has 35 heavy (non-hydrogen) atoms. The van der Waals surface area contributed by atoms with Gasteiger partial charge in [0.1, 0.15) is 5.82 Å². The first-order valence-corrected chi connectivity index (χ1v) is 14.5. The van der Waals surface area contributed by atoms with Crippen molar-refractivity contribution >= 4 is 10.9 Å². The SMILES string of the molecule is Cc1cccc2nc(CCCC3CCC4C5C(O)CC6CCCCC6(C)C5CCC34C)[nH]c(=O)c12. The number of hydrogen-bond donors (Lipinski definition) is 2. The summed E-state index contributed by atoms with van der Waals surface area (Å²) >= 11 is 0. The molecular formula is C31H44N2O2. The number of aromatic amines is 1. The average molecular weight is 477 g/mol. The summed E-state index contributed by atoms with van der Waals surface area (Å²) in [6.07, 6.45) is 14.8. The Morgan fingerprint density at radius 2 is 1.89 bits per heavy atom. The van der Waals surface area contributed by atoms with E-state index in [0.717, 1.165) is 59.3 Å². The quantitative estimate of drug-likeness (QED) is 0.524. The number of rotatable bonds is 4. The lowest BCUT2D eigenvalue weighted by Crippen LogP contribution is -2.57. The van der Waals surface area contributed by atoms with Crippen LogP contribution in [0.1, 0.15) is 95.9 Å². The Hall–Kier alpha value is -1.68. The van der Waals surface area contributed by atoms with Crippen molar-refractivity contribution in [2.45, 2.75) is 104 Å². The number of aliphatic hydroxyl groups is 1. The smallest absolute Gasteiger partial charge is 0.259 e. The van der Waals surface area contributed by atoms with Crippen molar-refractivity contribution in [1.29, 1.82) is 0 Å². The highest BCUT2D eigenvalue weighted by Crippen LogP contribution is 2.67. The third kappa shape index (κ3) is 3.72. The molecule has 4 heteroatoms. The van der Waals surface area contributed by atoms with E-state index < -0.39 is 0 Å². The molecule has 8 atom stereocenters. The van der Waals surface area contributed by atoms with Crippen molar-refractivity contribution in [2.24, 2.45) is 40.4 Å². The molecular weight excluding hydrogens is 432 g/mol. The second kappa shape index (κ2) is 8.71. The summed E-state index contributed by atoms with van der Waals surface area (Å²) < 4.78 is 0. The zero-order chi connectivity index (χ0) is 24.4. The molecule has 2 aromatic rings. The third-order valence-electron chi connectivity index (χ3n) is 11.8. The molecule has 4 aliphatic rings. The van der Waals surface area contributed by atoms with Gasteiger partial charge in [-0.15, -0.1) is 0 Å². The first-order valence-electron chi connectivity index (χ1n) is 14.5. The van der Waals surface area contributed by atoms with Crippen LogP contribution in [0, 0.1) is 47.3 Å². The monoisotopic (exact) mass is 476 g/mol. The highest BCUT2D eigenvalue weighted by molar-refractivity contribution is 5.80. The maximum Gasteiger partial charge on any atom is 0.259 e. The van der Waals surface area contributed by atoms with Crippen LogP contribution in [-0.4, -0.2) is 21.2 Å². The van der Waals surface area contributed by atoms with Gasteiger partial charge in [0.05, 0.1) is 17.0 Å².